The van der Waals surface area contributed by atoms with Gasteiger partial charge in [0.2, 0.25) is 6.04 Å². The van der Waals surface area contributed by atoms with Crippen LogP contribution in [-0.2, 0) is 6.18 Å². The second kappa shape index (κ2) is 11.9. The van der Waals surface area contributed by atoms with Crippen molar-refractivity contribution in [1.29, 1.82) is 0 Å². The maximum Gasteiger partial charge on any atom is 0.416 e. The molecule has 2 aliphatic rings. The van der Waals surface area contributed by atoms with E-state index < -0.39 is 29.5 Å². The second-order valence-electron chi connectivity index (χ2n) is 11.5. The first-order valence-electron chi connectivity index (χ1n) is 14.6. The van der Waals surface area contributed by atoms with E-state index in [4.69, 9.17) is 0 Å². The van der Waals surface area contributed by atoms with Crippen LogP contribution in [0.5, 0.6) is 0 Å². The molecule has 3 aromatic carbocycles. The van der Waals surface area contributed by atoms with Gasteiger partial charge in [0, 0.05) is 53.9 Å². The van der Waals surface area contributed by atoms with Gasteiger partial charge in [0.15, 0.2) is 0 Å². The Labute approximate surface area is 243 Å². The van der Waals surface area contributed by atoms with Crippen LogP contribution in [0.15, 0.2) is 54.6 Å². The maximum absolute atomic E-state index is 14.9. The van der Waals surface area contributed by atoms with Crippen molar-refractivity contribution < 1.29 is 27.1 Å². The summed E-state index contributed by atoms with van der Waals surface area (Å²) in [6.45, 7) is 3.54. The number of rotatable bonds is 6. The second-order valence-corrected chi connectivity index (χ2v) is 11.5. The molecule has 222 valence electrons. The van der Waals surface area contributed by atoms with Gasteiger partial charge in [0.1, 0.15) is 5.82 Å². The lowest BCUT2D eigenvalue weighted by molar-refractivity contribution is -0.504. The van der Waals surface area contributed by atoms with Gasteiger partial charge in [-0.3, -0.25) is 4.79 Å². The first-order chi connectivity index (χ1) is 20.0. The number of likely N-dealkylation sites (tertiary alicyclic amines) is 1. The number of aryl methyl sites for hydroxylation is 2. The summed E-state index contributed by atoms with van der Waals surface area (Å²) in [5.41, 5.74) is 1.93. The minimum atomic E-state index is -4.52. The molecule has 1 aliphatic heterocycles. The molecule has 0 spiro atoms. The number of benzene rings is 3. The molecule has 5 nitrogen and oxygen atoms in total. The molecular weight excluding hydrogens is 546 g/mol. The fourth-order valence-corrected chi connectivity index (χ4v) is 6.40. The molecule has 0 unspecified atom stereocenters. The lowest BCUT2D eigenvalue weighted by Gasteiger charge is -2.38. The zero-order valence-corrected chi connectivity index (χ0v) is 24.2. The third-order valence-electron chi connectivity index (χ3n) is 8.76. The Bertz CT molecular complexity index is 1480. The summed E-state index contributed by atoms with van der Waals surface area (Å²) in [6.07, 6.45) is 1.19. The van der Waals surface area contributed by atoms with Gasteiger partial charge in [0.25, 0.3) is 11.6 Å². The summed E-state index contributed by atoms with van der Waals surface area (Å²) >= 11 is 0. The number of nitrogens with zero attached hydrogens (tertiary/aromatic N) is 3. The van der Waals surface area contributed by atoms with Crippen molar-refractivity contribution in [2.24, 2.45) is 0 Å². The number of carbonyl (C=O) groups excluding carboxylic acids is 1. The van der Waals surface area contributed by atoms with Crippen LogP contribution in [0.25, 0.3) is 0 Å². The van der Waals surface area contributed by atoms with Crippen molar-refractivity contribution in [1.82, 2.24) is 4.90 Å². The monoisotopic (exact) mass is 582 g/mol. The third kappa shape index (κ3) is 5.78. The van der Waals surface area contributed by atoms with Crippen LogP contribution in [-0.4, -0.2) is 35.2 Å². The van der Waals surface area contributed by atoms with Gasteiger partial charge in [-0.2, -0.15) is 13.2 Å². The van der Waals surface area contributed by atoms with Crippen molar-refractivity contribution in [2.45, 2.75) is 77.1 Å². The topological polar surface area (TPSA) is 43.6 Å². The Morgan fingerprint density at radius 3 is 2.33 bits per heavy atom. The molecule has 1 amide bonds. The number of hydrogen-bond donors (Lipinski definition) is 0. The first-order valence-corrected chi connectivity index (χ1v) is 14.6. The summed E-state index contributed by atoms with van der Waals surface area (Å²) in [5.74, 6) is -1.01. The Morgan fingerprint density at radius 1 is 0.929 bits per heavy atom. The molecule has 1 aliphatic carbocycles. The summed E-state index contributed by atoms with van der Waals surface area (Å²) in [6, 6.07) is 13.4. The van der Waals surface area contributed by atoms with E-state index in [1.807, 2.05) is 6.07 Å². The molecule has 1 heterocycles. The van der Waals surface area contributed by atoms with Gasteiger partial charge < -0.3 is 9.80 Å². The number of hydrogen-bond acceptors (Lipinski definition) is 3. The van der Waals surface area contributed by atoms with Crippen LogP contribution in [0.4, 0.5) is 34.6 Å². The smallest absolute Gasteiger partial charge is 0.344 e. The summed E-state index contributed by atoms with van der Waals surface area (Å²) < 4.78 is 57.4. The number of amides is 1. The quantitative estimate of drug-likeness (QED) is 0.215. The van der Waals surface area contributed by atoms with Gasteiger partial charge in [-0.15, -0.1) is 0 Å². The molecule has 5 rings (SSSR count). The lowest BCUT2D eigenvalue weighted by atomic mass is 9.91. The molecule has 3 aromatic rings. The van der Waals surface area contributed by atoms with Crippen LogP contribution >= 0.6 is 0 Å². The number of halogens is 4. The predicted molar refractivity (Wildman–Crippen MR) is 155 cm³/mol. The van der Waals surface area contributed by atoms with Gasteiger partial charge in [0.05, 0.1) is 22.9 Å². The molecule has 2 fully saturated rings. The van der Waals surface area contributed by atoms with E-state index in [1.165, 1.54) is 19.1 Å². The highest BCUT2D eigenvalue weighted by Crippen LogP contribution is 2.43. The molecule has 0 bridgehead atoms. The molecule has 0 aromatic heterocycles. The summed E-state index contributed by atoms with van der Waals surface area (Å²) in [5, 5.41) is 0. The minimum Gasteiger partial charge on any atom is -0.344 e. The predicted octanol–water partition coefficient (Wildman–Crippen LogP) is 8.95. The maximum atomic E-state index is 14.9. The fourth-order valence-electron chi connectivity index (χ4n) is 6.40. The van der Waals surface area contributed by atoms with Crippen LogP contribution in [0, 0.1) is 24.6 Å². The Hall–Kier alpha value is -3.75. The van der Waals surface area contributed by atoms with Crippen molar-refractivity contribution in [3.8, 4) is 0 Å². The van der Waals surface area contributed by atoms with Crippen LogP contribution in [0.2, 0.25) is 0 Å². The third-order valence-corrected chi connectivity index (χ3v) is 8.76. The fraction of sp³-hybridized carbons (Fsp3) is 0.424. The summed E-state index contributed by atoms with van der Waals surface area (Å²) in [7, 11) is 1.67. The Balaban J connectivity index is 1.61. The van der Waals surface area contributed by atoms with Crippen LogP contribution < -0.4 is 4.90 Å². The highest BCUT2D eigenvalue weighted by atomic mass is 19.4. The van der Waals surface area contributed by atoms with Crippen LogP contribution in [0.1, 0.15) is 83.6 Å². The average molecular weight is 583 g/mol. The number of anilines is 2. The molecule has 1 saturated carbocycles. The van der Waals surface area contributed by atoms with E-state index in [0.29, 0.717) is 41.2 Å². The normalized spacial score (nSPS) is 17.9. The van der Waals surface area contributed by atoms with E-state index in [-0.39, 0.29) is 17.2 Å². The number of nitroso groups, excluding NO2 is 1. The molecule has 1 atom stereocenters. The van der Waals surface area contributed by atoms with E-state index >= 15 is 0 Å². The number of piperidine rings is 1. The zero-order chi connectivity index (χ0) is 30.2. The Morgan fingerprint density at radius 2 is 1.64 bits per heavy atom. The van der Waals surface area contributed by atoms with E-state index in [1.54, 1.807) is 54.1 Å². The standard InChI is InChI=1S/C33H36F4N3O2/c1-21-14-15-24(19-27(21)33(35,36)37)38(3)30-20-25(40(42)23-10-4-5-11-23)16-17-26(30)29-13-6-7-18-39(29)32(41)31-22(2)9-8-12-28(31)34/h8-9,12,14-17,19-20,23,29H,4-7,10-11,13,18H2,1-3H3/q+1/t29-/m1/s1. The van der Waals surface area contributed by atoms with Gasteiger partial charge in [-0.25, -0.2) is 4.39 Å². The van der Waals surface area contributed by atoms with Crippen LogP contribution in [0.3, 0.4) is 0 Å². The SMILES string of the molecule is Cc1ccc(N(C)c2cc([N+](=O)C3CCCC3)ccc2[C@H]2CCCCN2C(=O)c2c(C)cccc2F)cc1C(F)(F)F. The number of carbonyl (C=O) groups is 1. The van der Waals surface area contributed by atoms with E-state index in [0.717, 1.165) is 49.4 Å². The lowest BCUT2D eigenvalue weighted by Crippen LogP contribution is -2.39. The Kier molecular flexibility index (Phi) is 8.39. The van der Waals surface area contributed by atoms with Crippen molar-refractivity contribution in [3.63, 3.8) is 0 Å². The van der Waals surface area contributed by atoms with Gasteiger partial charge in [-0.1, -0.05) is 18.2 Å². The highest BCUT2D eigenvalue weighted by molar-refractivity contribution is 5.96. The van der Waals surface area contributed by atoms with Crippen molar-refractivity contribution in [3.05, 3.63) is 93.1 Å². The van der Waals surface area contributed by atoms with Gasteiger partial charge in [-0.05, 0) is 86.9 Å². The molecule has 0 N–H and O–H groups in total. The average Bonchev–Trinajstić information content (AvgIpc) is 3.51. The molecule has 0 radical (unpaired) electrons. The zero-order valence-electron chi connectivity index (χ0n) is 24.2. The van der Waals surface area contributed by atoms with E-state index in [2.05, 4.69) is 0 Å². The van der Waals surface area contributed by atoms with Crippen molar-refractivity contribution in [2.75, 3.05) is 18.5 Å². The first kappa shape index (κ1) is 29.7. The molecule has 1 saturated heterocycles. The molecular formula is C33H36F4N3O2+. The highest BCUT2D eigenvalue weighted by Gasteiger charge is 2.37. The van der Waals surface area contributed by atoms with E-state index in [9.17, 15) is 27.3 Å². The van der Waals surface area contributed by atoms with Crippen molar-refractivity contribution >= 4 is 23.0 Å². The number of alkyl halides is 3. The largest absolute Gasteiger partial charge is 0.416 e. The summed E-state index contributed by atoms with van der Waals surface area (Å²) in [4.78, 5) is 30.5. The molecule has 9 heteroatoms. The van der Waals surface area contributed by atoms with Gasteiger partial charge >= 0.3 is 6.18 Å². The molecule has 42 heavy (non-hydrogen) atoms. The minimum absolute atomic E-state index is 0.0243.